The fraction of sp³-hybridized carbons (Fsp3) is 0.455. The van der Waals surface area contributed by atoms with Gasteiger partial charge in [0.05, 0.1) is 6.10 Å². The van der Waals surface area contributed by atoms with Crippen LogP contribution in [-0.4, -0.2) is 22.9 Å². The van der Waals surface area contributed by atoms with E-state index in [0.717, 1.165) is 12.8 Å². The maximum Gasteiger partial charge on any atom is 0.0565 e. The Kier molecular flexibility index (Phi) is 4.50. The van der Waals surface area contributed by atoms with Crippen LogP contribution >= 0.6 is 0 Å². The van der Waals surface area contributed by atoms with Crippen molar-refractivity contribution in [2.45, 2.75) is 25.4 Å². The van der Waals surface area contributed by atoms with Crippen LogP contribution in [0.1, 0.15) is 18.4 Å². The molecule has 1 unspecified atom stereocenters. The molecule has 1 rings (SSSR count). The van der Waals surface area contributed by atoms with Gasteiger partial charge in [-0.1, -0.05) is 30.3 Å². The molecule has 0 spiro atoms. The number of aliphatic hydroxyl groups is 2. The Balaban J connectivity index is 2.27. The van der Waals surface area contributed by atoms with Crippen molar-refractivity contribution in [3.8, 4) is 0 Å². The lowest BCUT2D eigenvalue weighted by Crippen LogP contribution is -2.09. The second-order valence-corrected chi connectivity index (χ2v) is 3.19. The van der Waals surface area contributed by atoms with E-state index in [1.165, 1.54) is 5.56 Å². The molecule has 2 nitrogen and oxygen atoms in total. The third-order valence-electron chi connectivity index (χ3n) is 2.07. The molecule has 0 radical (unpaired) electrons. The normalized spacial score (nSPS) is 12.8. The van der Waals surface area contributed by atoms with Crippen molar-refractivity contribution in [3.05, 3.63) is 35.9 Å². The summed E-state index contributed by atoms with van der Waals surface area (Å²) in [4.78, 5) is 0. The molecule has 0 aromatic heterocycles. The predicted molar refractivity (Wildman–Crippen MR) is 52.5 cm³/mol. The molecule has 0 heterocycles. The zero-order valence-electron chi connectivity index (χ0n) is 7.69. The molecule has 0 saturated carbocycles. The number of hydrogen-bond acceptors (Lipinski definition) is 2. The molecule has 2 N–H and O–H groups in total. The van der Waals surface area contributed by atoms with Crippen molar-refractivity contribution in [2.24, 2.45) is 0 Å². The summed E-state index contributed by atoms with van der Waals surface area (Å²) < 4.78 is 0. The molecule has 13 heavy (non-hydrogen) atoms. The average molecular weight is 180 g/mol. The molecule has 1 atom stereocenters. The molecule has 0 aliphatic rings. The van der Waals surface area contributed by atoms with Crippen molar-refractivity contribution in [1.29, 1.82) is 0 Å². The first-order valence-corrected chi connectivity index (χ1v) is 4.66. The zero-order chi connectivity index (χ0) is 9.52. The van der Waals surface area contributed by atoms with Crippen LogP contribution in [0, 0.1) is 0 Å². The standard InChI is InChI=1S/C11H16O2/c12-9-8-11(13)7-6-10-4-2-1-3-5-10/h1-5,11-13H,6-9H2. The fourth-order valence-electron chi connectivity index (χ4n) is 1.27. The van der Waals surface area contributed by atoms with Gasteiger partial charge in [-0.25, -0.2) is 0 Å². The van der Waals surface area contributed by atoms with Crippen molar-refractivity contribution in [2.75, 3.05) is 6.61 Å². The molecule has 1 aromatic carbocycles. The summed E-state index contributed by atoms with van der Waals surface area (Å²) in [6.45, 7) is 0.0654. The molecule has 0 aliphatic carbocycles. The van der Waals surface area contributed by atoms with Crippen molar-refractivity contribution in [1.82, 2.24) is 0 Å². The Bertz CT molecular complexity index is 221. The van der Waals surface area contributed by atoms with Gasteiger partial charge in [0.2, 0.25) is 0 Å². The van der Waals surface area contributed by atoms with E-state index in [0.29, 0.717) is 6.42 Å². The minimum Gasteiger partial charge on any atom is -0.396 e. The summed E-state index contributed by atoms with van der Waals surface area (Å²) in [5.74, 6) is 0. The molecular formula is C11H16O2. The van der Waals surface area contributed by atoms with E-state index in [4.69, 9.17) is 5.11 Å². The fourth-order valence-corrected chi connectivity index (χ4v) is 1.27. The van der Waals surface area contributed by atoms with Gasteiger partial charge >= 0.3 is 0 Å². The van der Waals surface area contributed by atoms with Gasteiger partial charge in [-0.05, 0) is 24.8 Å². The monoisotopic (exact) mass is 180 g/mol. The number of hydrogen-bond donors (Lipinski definition) is 2. The maximum absolute atomic E-state index is 9.35. The van der Waals surface area contributed by atoms with E-state index in [1.54, 1.807) is 0 Å². The van der Waals surface area contributed by atoms with Crippen LogP contribution in [0.25, 0.3) is 0 Å². The SMILES string of the molecule is OCCC(O)CCc1ccccc1. The van der Waals surface area contributed by atoms with Crippen LogP contribution < -0.4 is 0 Å². The molecule has 2 heteroatoms. The van der Waals surface area contributed by atoms with Crippen LogP contribution in [0.15, 0.2) is 30.3 Å². The Labute approximate surface area is 78.8 Å². The second kappa shape index (κ2) is 5.73. The van der Waals surface area contributed by atoms with Crippen LogP contribution in [0.3, 0.4) is 0 Å². The van der Waals surface area contributed by atoms with E-state index in [1.807, 2.05) is 30.3 Å². The summed E-state index contributed by atoms with van der Waals surface area (Å²) in [7, 11) is 0. The quantitative estimate of drug-likeness (QED) is 0.718. The molecule has 0 saturated heterocycles. The highest BCUT2D eigenvalue weighted by atomic mass is 16.3. The average Bonchev–Trinajstić information content (AvgIpc) is 2.17. The first-order valence-electron chi connectivity index (χ1n) is 4.66. The number of aryl methyl sites for hydroxylation is 1. The summed E-state index contributed by atoms with van der Waals surface area (Å²) >= 11 is 0. The van der Waals surface area contributed by atoms with Gasteiger partial charge in [0, 0.05) is 6.61 Å². The van der Waals surface area contributed by atoms with Crippen LogP contribution in [-0.2, 0) is 6.42 Å². The van der Waals surface area contributed by atoms with Gasteiger partial charge in [0.15, 0.2) is 0 Å². The summed E-state index contributed by atoms with van der Waals surface area (Å²) in [5, 5.41) is 17.9. The van der Waals surface area contributed by atoms with E-state index >= 15 is 0 Å². The first-order chi connectivity index (χ1) is 6.33. The molecule has 0 aliphatic heterocycles. The number of benzene rings is 1. The summed E-state index contributed by atoms with van der Waals surface area (Å²) in [6, 6.07) is 10.1. The maximum atomic E-state index is 9.35. The molecule has 0 fully saturated rings. The van der Waals surface area contributed by atoms with Crippen molar-refractivity contribution >= 4 is 0 Å². The Morgan fingerprint density at radius 3 is 2.38 bits per heavy atom. The molecule has 0 bridgehead atoms. The largest absolute Gasteiger partial charge is 0.396 e. The summed E-state index contributed by atoms with van der Waals surface area (Å²) in [6.07, 6.45) is 1.71. The lowest BCUT2D eigenvalue weighted by molar-refractivity contribution is 0.125. The molecular weight excluding hydrogens is 164 g/mol. The van der Waals surface area contributed by atoms with Gasteiger partial charge in [0.25, 0.3) is 0 Å². The lowest BCUT2D eigenvalue weighted by atomic mass is 10.1. The van der Waals surface area contributed by atoms with Crippen molar-refractivity contribution < 1.29 is 10.2 Å². The minimum atomic E-state index is -0.370. The predicted octanol–water partition coefficient (Wildman–Crippen LogP) is 1.36. The van der Waals surface area contributed by atoms with Gasteiger partial charge < -0.3 is 10.2 Å². The highest BCUT2D eigenvalue weighted by Crippen LogP contribution is 2.06. The first kappa shape index (κ1) is 10.2. The second-order valence-electron chi connectivity index (χ2n) is 3.19. The van der Waals surface area contributed by atoms with E-state index < -0.39 is 0 Å². The third kappa shape index (κ3) is 4.06. The van der Waals surface area contributed by atoms with Gasteiger partial charge in [-0.15, -0.1) is 0 Å². The zero-order valence-corrected chi connectivity index (χ0v) is 7.69. The van der Waals surface area contributed by atoms with E-state index in [-0.39, 0.29) is 12.7 Å². The van der Waals surface area contributed by atoms with E-state index in [9.17, 15) is 5.11 Å². The molecule has 72 valence electrons. The Hall–Kier alpha value is -0.860. The Morgan fingerprint density at radius 2 is 1.77 bits per heavy atom. The van der Waals surface area contributed by atoms with Gasteiger partial charge in [0.1, 0.15) is 0 Å². The highest BCUT2D eigenvalue weighted by Gasteiger charge is 2.02. The lowest BCUT2D eigenvalue weighted by Gasteiger charge is -2.07. The topological polar surface area (TPSA) is 40.5 Å². The summed E-state index contributed by atoms with van der Waals surface area (Å²) in [5.41, 5.74) is 1.24. The smallest absolute Gasteiger partial charge is 0.0565 e. The minimum absolute atomic E-state index is 0.0654. The van der Waals surface area contributed by atoms with Crippen LogP contribution in [0.4, 0.5) is 0 Å². The van der Waals surface area contributed by atoms with E-state index in [2.05, 4.69) is 0 Å². The van der Waals surface area contributed by atoms with Gasteiger partial charge in [-0.2, -0.15) is 0 Å². The third-order valence-corrected chi connectivity index (χ3v) is 2.07. The molecule has 1 aromatic rings. The Morgan fingerprint density at radius 1 is 1.08 bits per heavy atom. The van der Waals surface area contributed by atoms with Crippen molar-refractivity contribution in [3.63, 3.8) is 0 Å². The highest BCUT2D eigenvalue weighted by molar-refractivity contribution is 5.14. The van der Waals surface area contributed by atoms with Gasteiger partial charge in [-0.3, -0.25) is 0 Å². The van der Waals surface area contributed by atoms with Crippen LogP contribution in [0.5, 0.6) is 0 Å². The molecule has 0 amide bonds. The van der Waals surface area contributed by atoms with Crippen LogP contribution in [0.2, 0.25) is 0 Å². The number of rotatable bonds is 5. The number of aliphatic hydroxyl groups excluding tert-OH is 2.